The molecular formula is C16H15N3O5. The molecule has 1 fully saturated rings. The number of anilines is 1. The molecule has 1 aromatic heterocycles. The molecule has 0 aliphatic carbocycles. The largest absolute Gasteiger partial charge is 0.433 e. The van der Waals surface area contributed by atoms with E-state index in [-0.39, 0.29) is 18.2 Å². The third-order valence-corrected chi connectivity index (χ3v) is 3.77. The van der Waals surface area contributed by atoms with Crippen LogP contribution in [0.4, 0.5) is 11.6 Å². The summed E-state index contributed by atoms with van der Waals surface area (Å²) in [5.74, 6) is -0.988. The second-order valence-corrected chi connectivity index (χ2v) is 5.39. The second-order valence-electron chi connectivity index (χ2n) is 5.39. The van der Waals surface area contributed by atoms with E-state index in [1.165, 1.54) is 6.07 Å². The van der Waals surface area contributed by atoms with E-state index in [9.17, 15) is 19.7 Å². The first-order valence-electron chi connectivity index (χ1n) is 7.46. The molecule has 2 aromatic rings. The average molecular weight is 329 g/mol. The van der Waals surface area contributed by atoms with Crippen molar-refractivity contribution >= 4 is 23.4 Å². The normalized spacial score (nSPS) is 14.0. The summed E-state index contributed by atoms with van der Waals surface area (Å²) in [4.78, 5) is 35.2. The fourth-order valence-corrected chi connectivity index (χ4v) is 2.53. The Morgan fingerprint density at radius 2 is 2.00 bits per heavy atom. The van der Waals surface area contributed by atoms with Crippen molar-refractivity contribution in [3.05, 3.63) is 57.8 Å². The summed E-state index contributed by atoms with van der Waals surface area (Å²) >= 11 is 0. The molecule has 2 heterocycles. The Morgan fingerprint density at radius 1 is 1.25 bits per heavy atom. The Kier molecular flexibility index (Phi) is 4.28. The highest BCUT2D eigenvalue weighted by atomic mass is 16.6. The van der Waals surface area contributed by atoms with Gasteiger partial charge in [-0.1, -0.05) is 12.1 Å². The lowest BCUT2D eigenvalue weighted by molar-refractivity contribution is -0.402. The topological polar surface area (TPSA) is 106 Å². The van der Waals surface area contributed by atoms with Gasteiger partial charge in [0.2, 0.25) is 5.91 Å². The van der Waals surface area contributed by atoms with Crippen LogP contribution in [0.2, 0.25) is 0 Å². The SMILES string of the molecule is O=C(NCc1ccc(N2CCCC2=O)cc1)c1ccc([N+](=O)[O-])o1. The van der Waals surface area contributed by atoms with Gasteiger partial charge >= 0.3 is 5.88 Å². The highest BCUT2D eigenvalue weighted by Crippen LogP contribution is 2.21. The minimum atomic E-state index is -0.699. The summed E-state index contributed by atoms with van der Waals surface area (Å²) in [6.07, 6.45) is 1.44. The van der Waals surface area contributed by atoms with Gasteiger partial charge in [0.1, 0.15) is 4.92 Å². The molecule has 0 radical (unpaired) electrons. The van der Waals surface area contributed by atoms with Crippen LogP contribution in [-0.4, -0.2) is 23.3 Å². The number of amides is 2. The van der Waals surface area contributed by atoms with Gasteiger partial charge in [0.05, 0.1) is 6.07 Å². The molecule has 1 saturated heterocycles. The predicted molar refractivity (Wildman–Crippen MR) is 84.6 cm³/mol. The lowest BCUT2D eigenvalue weighted by Crippen LogP contribution is -2.24. The van der Waals surface area contributed by atoms with Crippen molar-refractivity contribution in [1.82, 2.24) is 5.32 Å². The van der Waals surface area contributed by atoms with Crippen LogP contribution in [0.3, 0.4) is 0 Å². The number of hydrogen-bond donors (Lipinski definition) is 1. The summed E-state index contributed by atoms with van der Waals surface area (Å²) < 4.78 is 4.84. The zero-order chi connectivity index (χ0) is 17.1. The van der Waals surface area contributed by atoms with E-state index in [1.807, 2.05) is 24.3 Å². The molecule has 8 nitrogen and oxygen atoms in total. The lowest BCUT2D eigenvalue weighted by atomic mass is 10.2. The molecule has 3 rings (SSSR count). The molecule has 1 N–H and O–H groups in total. The van der Waals surface area contributed by atoms with Crippen molar-refractivity contribution in [3.63, 3.8) is 0 Å². The van der Waals surface area contributed by atoms with E-state index < -0.39 is 16.7 Å². The van der Waals surface area contributed by atoms with Gasteiger partial charge in [0.25, 0.3) is 5.91 Å². The van der Waals surface area contributed by atoms with Gasteiger partial charge in [0.15, 0.2) is 5.76 Å². The molecule has 0 spiro atoms. The minimum absolute atomic E-state index is 0.110. The zero-order valence-corrected chi connectivity index (χ0v) is 12.7. The van der Waals surface area contributed by atoms with Gasteiger partial charge in [-0.2, -0.15) is 0 Å². The highest BCUT2D eigenvalue weighted by Gasteiger charge is 2.21. The number of carbonyl (C=O) groups excluding carboxylic acids is 2. The number of rotatable bonds is 5. The molecule has 2 amide bonds. The van der Waals surface area contributed by atoms with Crippen LogP contribution in [0.15, 0.2) is 40.8 Å². The molecule has 0 bridgehead atoms. The number of nitrogens with one attached hydrogen (secondary N) is 1. The van der Waals surface area contributed by atoms with Crippen molar-refractivity contribution in [3.8, 4) is 0 Å². The van der Waals surface area contributed by atoms with Gasteiger partial charge in [-0.05, 0) is 30.2 Å². The quantitative estimate of drug-likeness (QED) is 0.669. The Bertz CT molecular complexity index is 781. The van der Waals surface area contributed by atoms with Crippen LogP contribution >= 0.6 is 0 Å². The molecule has 124 valence electrons. The Hall–Kier alpha value is -3.16. The second kappa shape index (κ2) is 6.53. The van der Waals surface area contributed by atoms with E-state index >= 15 is 0 Å². The fourth-order valence-electron chi connectivity index (χ4n) is 2.53. The van der Waals surface area contributed by atoms with E-state index in [1.54, 1.807) is 4.90 Å². The third kappa shape index (κ3) is 3.27. The lowest BCUT2D eigenvalue weighted by Gasteiger charge is -2.16. The number of carbonyl (C=O) groups is 2. The van der Waals surface area contributed by atoms with Crippen LogP contribution in [-0.2, 0) is 11.3 Å². The maximum Gasteiger partial charge on any atom is 0.433 e. The first-order chi connectivity index (χ1) is 11.5. The number of nitrogens with zero attached hydrogens (tertiary/aromatic N) is 2. The van der Waals surface area contributed by atoms with E-state index in [0.717, 1.165) is 30.3 Å². The Labute approximate surface area is 137 Å². The molecule has 0 atom stereocenters. The number of nitro groups is 1. The summed E-state index contributed by atoms with van der Waals surface area (Å²) in [7, 11) is 0. The maximum absolute atomic E-state index is 11.9. The molecule has 8 heteroatoms. The number of benzene rings is 1. The van der Waals surface area contributed by atoms with Crippen LogP contribution in [0.1, 0.15) is 29.0 Å². The van der Waals surface area contributed by atoms with Gasteiger partial charge in [-0.25, -0.2) is 0 Å². The first kappa shape index (κ1) is 15.7. The van der Waals surface area contributed by atoms with Crippen molar-refractivity contribution in [2.24, 2.45) is 0 Å². The summed E-state index contributed by atoms with van der Waals surface area (Å²) in [5, 5.41) is 13.2. The summed E-state index contributed by atoms with van der Waals surface area (Å²) in [6, 6.07) is 9.72. The molecule has 1 aliphatic heterocycles. The van der Waals surface area contributed by atoms with E-state index in [4.69, 9.17) is 4.42 Å². The molecule has 0 saturated carbocycles. The molecular weight excluding hydrogens is 314 g/mol. The summed E-state index contributed by atoms with van der Waals surface area (Å²) in [5.41, 5.74) is 1.69. The molecule has 24 heavy (non-hydrogen) atoms. The van der Waals surface area contributed by atoms with Crippen molar-refractivity contribution in [2.75, 3.05) is 11.4 Å². The van der Waals surface area contributed by atoms with E-state index in [2.05, 4.69) is 5.32 Å². The van der Waals surface area contributed by atoms with Crippen molar-refractivity contribution in [2.45, 2.75) is 19.4 Å². The predicted octanol–water partition coefficient (Wildman–Crippen LogP) is 2.24. The minimum Gasteiger partial charge on any atom is -0.395 e. The zero-order valence-electron chi connectivity index (χ0n) is 12.7. The van der Waals surface area contributed by atoms with Crippen molar-refractivity contribution < 1.29 is 18.9 Å². The molecule has 1 aromatic carbocycles. The molecule has 1 aliphatic rings. The van der Waals surface area contributed by atoms with Gasteiger partial charge in [-0.15, -0.1) is 0 Å². The average Bonchev–Trinajstić information content (AvgIpc) is 3.22. The monoisotopic (exact) mass is 329 g/mol. The number of furan rings is 1. The van der Waals surface area contributed by atoms with Crippen LogP contribution in [0, 0.1) is 10.1 Å². The maximum atomic E-state index is 11.9. The van der Waals surface area contributed by atoms with Gasteiger partial charge in [-0.3, -0.25) is 19.7 Å². The van der Waals surface area contributed by atoms with Crippen molar-refractivity contribution in [1.29, 1.82) is 0 Å². The van der Waals surface area contributed by atoms with Crippen LogP contribution in [0.25, 0.3) is 0 Å². The standard InChI is InChI=1S/C16H15N3O5/c20-14-2-1-9-18(14)12-5-3-11(4-6-12)10-17-16(21)13-7-8-15(24-13)19(22)23/h3-8H,1-2,9-10H2,(H,17,21). The number of hydrogen-bond acceptors (Lipinski definition) is 5. The van der Waals surface area contributed by atoms with E-state index in [0.29, 0.717) is 6.42 Å². The Morgan fingerprint density at radius 3 is 2.58 bits per heavy atom. The van der Waals surface area contributed by atoms with Crippen LogP contribution < -0.4 is 10.2 Å². The van der Waals surface area contributed by atoms with Crippen LogP contribution in [0.5, 0.6) is 0 Å². The van der Waals surface area contributed by atoms with Gasteiger partial charge < -0.3 is 14.6 Å². The molecule has 0 unspecified atom stereocenters. The highest BCUT2D eigenvalue weighted by molar-refractivity contribution is 5.95. The third-order valence-electron chi connectivity index (χ3n) is 3.77. The van der Waals surface area contributed by atoms with Gasteiger partial charge in [0, 0.05) is 25.2 Å². The smallest absolute Gasteiger partial charge is 0.395 e. The first-order valence-corrected chi connectivity index (χ1v) is 7.46. The Balaban J connectivity index is 1.59. The summed E-state index contributed by atoms with van der Waals surface area (Å²) in [6.45, 7) is 0.980. The fraction of sp³-hybridized carbons (Fsp3) is 0.250.